The van der Waals surface area contributed by atoms with E-state index in [9.17, 15) is 0 Å². The maximum absolute atomic E-state index is 6.02. The third-order valence-corrected chi connectivity index (χ3v) is 4.38. The van der Waals surface area contributed by atoms with Crippen molar-refractivity contribution in [2.45, 2.75) is 69.9 Å². The second kappa shape index (κ2) is 6.07. The Labute approximate surface area is 116 Å². The van der Waals surface area contributed by atoms with Crippen molar-refractivity contribution >= 4 is 12.4 Å². The number of hydrogen-bond acceptors (Lipinski definition) is 2. The molecule has 0 aromatic carbocycles. The van der Waals surface area contributed by atoms with Gasteiger partial charge in [-0.15, -0.1) is 12.4 Å². The normalized spacial score (nSPS) is 25.1. The van der Waals surface area contributed by atoms with Gasteiger partial charge in [0, 0.05) is 36.8 Å². The van der Waals surface area contributed by atoms with Gasteiger partial charge in [0.1, 0.15) is 5.82 Å². The lowest BCUT2D eigenvalue weighted by Gasteiger charge is -2.24. The summed E-state index contributed by atoms with van der Waals surface area (Å²) in [4.78, 5) is 4.70. The largest absolute Gasteiger partial charge is 0.332 e. The Morgan fingerprint density at radius 2 is 1.83 bits per heavy atom. The van der Waals surface area contributed by atoms with Gasteiger partial charge in [0.15, 0.2) is 0 Å². The van der Waals surface area contributed by atoms with Gasteiger partial charge in [-0.1, -0.05) is 25.7 Å². The summed E-state index contributed by atoms with van der Waals surface area (Å²) in [5.41, 5.74) is 7.39. The molecule has 1 aliphatic heterocycles. The van der Waals surface area contributed by atoms with Gasteiger partial charge in [0.05, 0.1) is 0 Å². The van der Waals surface area contributed by atoms with Crippen LogP contribution >= 0.6 is 12.4 Å². The van der Waals surface area contributed by atoms with E-state index in [4.69, 9.17) is 10.7 Å². The molecule has 4 heteroatoms. The van der Waals surface area contributed by atoms with E-state index in [1.54, 1.807) is 0 Å². The molecule has 1 aromatic rings. The zero-order valence-electron chi connectivity index (χ0n) is 11.0. The molecule has 2 aliphatic rings. The fraction of sp³-hybridized carbons (Fsp3) is 0.786. The Kier molecular flexibility index (Phi) is 4.68. The van der Waals surface area contributed by atoms with Gasteiger partial charge in [-0.2, -0.15) is 0 Å². The van der Waals surface area contributed by atoms with Crippen molar-refractivity contribution in [3.63, 3.8) is 0 Å². The van der Waals surface area contributed by atoms with Crippen molar-refractivity contribution in [1.82, 2.24) is 9.55 Å². The number of nitrogens with zero attached hydrogens (tertiary/aromatic N) is 2. The molecule has 1 fully saturated rings. The van der Waals surface area contributed by atoms with E-state index in [0.717, 1.165) is 19.4 Å². The standard InChI is InChI=1S/C14H23N3.ClH/c15-12-7-8-17-13(9-12)10-16-14(17)11-5-3-1-2-4-6-11;/h10-12H,1-9,15H2;1H. The van der Waals surface area contributed by atoms with Crippen LogP contribution in [0.1, 0.15) is 62.4 Å². The molecule has 1 aromatic heterocycles. The van der Waals surface area contributed by atoms with Crippen molar-refractivity contribution in [2.24, 2.45) is 5.73 Å². The van der Waals surface area contributed by atoms with Crippen molar-refractivity contribution in [2.75, 3.05) is 0 Å². The quantitative estimate of drug-likeness (QED) is 0.797. The molecule has 0 radical (unpaired) electrons. The molecule has 18 heavy (non-hydrogen) atoms. The van der Waals surface area contributed by atoms with Crippen molar-refractivity contribution in [3.8, 4) is 0 Å². The molecule has 3 rings (SSSR count). The second-order valence-corrected chi connectivity index (χ2v) is 5.70. The zero-order valence-corrected chi connectivity index (χ0v) is 11.8. The lowest BCUT2D eigenvalue weighted by atomic mass is 9.98. The van der Waals surface area contributed by atoms with Crippen LogP contribution in [0, 0.1) is 0 Å². The molecule has 3 nitrogen and oxygen atoms in total. The highest BCUT2D eigenvalue weighted by molar-refractivity contribution is 5.85. The summed E-state index contributed by atoms with van der Waals surface area (Å²) in [7, 11) is 0. The summed E-state index contributed by atoms with van der Waals surface area (Å²) in [6, 6.07) is 0.348. The number of halogens is 1. The number of imidazole rings is 1. The number of aromatic nitrogens is 2. The summed E-state index contributed by atoms with van der Waals surface area (Å²) in [5, 5.41) is 0. The third-order valence-electron chi connectivity index (χ3n) is 4.38. The summed E-state index contributed by atoms with van der Waals surface area (Å²) in [6.45, 7) is 1.09. The Morgan fingerprint density at radius 1 is 1.11 bits per heavy atom. The Bertz CT molecular complexity index is 380. The van der Waals surface area contributed by atoms with E-state index in [1.165, 1.54) is 50.0 Å². The minimum Gasteiger partial charge on any atom is -0.332 e. The van der Waals surface area contributed by atoms with Crippen LogP contribution in [-0.4, -0.2) is 15.6 Å². The summed E-state index contributed by atoms with van der Waals surface area (Å²) >= 11 is 0. The number of rotatable bonds is 1. The molecule has 0 saturated heterocycles. The molecule has 102 valence electrons. The van der Waals surface area contributed by atoms with E-state index in [-0.39, 0.29) is 12.4 Å². The van der Waals surface area contributed by atoms with Gasteiger partial charge in [0.2, 0.25) is 0 Å². The van der Waals surface area contributed by atoms with E-state index in [0.29, 0.717) is 12.0 Å². The summed E-state index contributed by atoms with van der Waals surface area (Å²) in [5.74, 6) is 2.06. The fourth-order valence-corrected chi connectivity index (χ4v) is 3.38. The summed E-state index contributed by atoms with van der Waals surface area (Å²) < 4.78 is 2.46. The molecular weight excluding hydrogens is 246 g/mol. The molecule has 2 N–H and O–H groups in total. The van der Waals surface area contributed by atoms with Crippen LogP contribution < -0.4 is 5.73 Å². The second-order valence-electron chi connectivity index (χ2n) is 5.70. The van der Waals surface area contributed by atoms with Gasteiger partial charge in [0.25, 0.3) is 0 Å². The van der Waals surface area contributed by atoms with E-state index < -0.39 is 0 Å². The van der Waals surface area contributed by atoms with Crippen LogP contribution in [-0.2, 0) is 13.0 Å². The number of hydrogen-bond donors (Lipinski definition) is 1. The SMILES string of the molecule is Cl.NC1CCn2c(cnc2C2CCCCCC2)C1. The first-order valence-electron chi connectivity index (χ1n) is 7.14. The van der Waals surface area contributed by atoms with Crippen molar-refractivity contribution < 1.29 is 0 Å². The molecule has 2 heterocycles. The lowest BCUT2D eigenvalue weighted by molar-refractivity contribution is 0.437. The molecule has 1 unspecified atom stereocenters. The lowest BCUT2D eigenvalue weighted by Crippen LogP contribution is -2.31. The highest BCUT2D eigenvalue weighted by Crippen LogP contribution is 2.32. The average molecular weight is 270 g/mol. The van der Waals surface area contributed by atoms with Gasteiger partial charge >= 0.3 is 0 Å². The smallest absolute Gasteiger partial charge is 0.111 e. The zero-order chi connectivity index (χ0) is 11.7. The first-order valence-corrected chi connectivity index (χ1v) is 7.14. The van der Waals surface area contributed by atoms with Gasteiger partial charge in [-0.05, 0) is 19.3 Å². The van der Waals surface area contributed by atoms with Crippen molar-refractivity contribution in [1.29, 1.82) is 0 Å². The van der Waals surface area contributed by atoms with Crippen LogP contribution in [0.25, 0.3) is 0 Å². The maximum atomic E-state index is 6.02. The van der Waals surface area contributed by atoms with Crippen LogP contribution in [0.3, 0.4) is 0 Å². The van der Waals surface area contributed by atoms with Gasteiger partial charge in [-0.3, -0.25) is 0 Å². The molecule has 1 aliphatic carbocycles. The molecular formula is C14H24ClN3. The predicted molar refractivity (Wildman–Crippen MR) is 76.2 cm³/mol. The van der Waals surface area contributed by atoms with Crippen LogP contribution in [0.4, 0.5) is 0 Å². The molecule has 0 spiro atoms. The monoisotopic (exact) mass is 269 g/mol. The number of fused-ring (bicyclic) bond motifs is 1. The number of nitrogens with two attached hydrogens (primary N) is 1. The van der Waals surface area contributed by atoms with E-state index in [1.807, 2.05) is 0 Å². The molecule has 1 saturated carbocycles. The highest BCUT2D eigenvalue weighted by atomic mass is 35.5. The third kappa shape index (κ3) is 2.72. The van der Waals surface area contributed by atoms with E-state index in [2.05, 4.69) is 10.8 Å². The van der Waals surface area contributed by atoms with Gasteiger partial charge in [-0.25, -0.2) is 4.98 Å². The van der Waals surface area contributed by atoms with Crippen LogP contribution in [0.15, 0.2) is 6.20 Å². The Morgan fingerprint density at radius 3 is 2.56 bits per heavy atom. The maximum Gasteiger partial charge on any atom is 0.111 e. The predicted octanol–water partition coefficient (Wildman–Crippen LogP) is 3.02. The molecule has 0 amide bonds. The minimum absolute atomic E-state index is 0. The van der Waals surface area contributed by atoms with Crippen LogP contribution in [0.5, 0.6) is 0 Å². The summed E-state index contributed by atoms with van der Waals surface area (Å²) in [6.07, 6.45) is 12.5. The minimum atomic E-state index is 0. The average Bonchev–Trinajstić information content (AvgIpc) is 2.57. The topological polar surface area (TPSA) is 43.8 Å². The van der Waals surface area contributed by atoms with Crippen LogP contribution in [0.2, 0.25) is 0 Å². The first-order chi connectivity index (χ1) is 8.34. The first kappa shape index (κ1) is 13.9. The Hall–Kier alpha value is -0.540. The van der Waals surface area contributed by atoms with Crippen molar-refractivity contribution in [3.05, 3.63) is 17.7 Å². The molecule has 0 bridgehead atoms. The molecule has 1 atom stereocenters. The highest BCUT2D eigenvalue weighted by Gasteiger charge is 2.24. The Balaban J connectivity index is 0.00000120. The van der Waals surface area contributed by atoms with E-state index >= 15 is 0 Å². The fourth-order valence-electron chi connectivity index (χ4n) is 3.38. The van der Waals surface area contributed by atoms with Gasteiger partial charge < -0.3 is 10.3 Å².